The van der Waals surface area contributed by atoms with E-state index in [0.717, 1.165) is 10.1 Å². The van der Waals surface area contributed by atoms with Gasteiger partial charge in [-0.25, -0.2) is 10.2 Å². The molecule has 0 aliphatic rings. The van der Waals surface area contributed by atoms with Gasteiger partial charge in [0.05, 0.1) is 28.9 Å². The quantitative estimate of drug-likeness (QED) is 0.148. The molecule has 9 heteroatoms. The Hall–Kier alpha value is -3.39. The van der Waals surface area contributed by atoms with E-state index in [0.29, 0.717) is 31.8 Å². The summed E-state index contributed by atoms with van der Waals surface area (Å²) in [6.45, 7) is 0. The summed E-state index contributed by atoms with van der Waals surface area (Å²) in [5.74, 6) is -0.460. The lowest BCUT2D eigenvalue weighted by Crippen LogP contribution is -2.17. The minimum Gasteiger partial charge on any atom is -0.493 e. The second-order valence-corrected chi connectivity index (χ2v) is 8.56. The van der Waals surface area contributed by atoms with Gasteiger partial charge in [-0.1, -0.05) is 53.5 Å². The van der Waals surface area contributed by atoms with Crippen LogP contribution in [0.4, 0.5) is 0 Å². The lowest BCUT2D eigenvalue weighted by Gasteiger charge is -2.09. The number of hydrogen-bond donors (Lipinski definition) is 1. The van der Waals surface area contributed by atoms with Gasteiger partial charge in [0, 0.05) is 10.1 Å². The highest BCUT2D eigenvalue weighted by atomic mass is 35.5. The van der Waals surface area contributed by atoms with Crippen LogP contribution in [-0.2, 0) is 0 Å². The van der Waals surface area contributed by atoms with E-state index in [4.69, 9.17) is 32.7 Å². The van der Waals surface area contributed by atoms with Crippen molar-refractivity contribution in [1.29, 1.82) is 0 Å². The van der Waals surface area contributed by atoms with Crippen molar-refractivity contribution in [2.75, 3.05) is 7.11 Å². The monoisotopic (exact) mass is 498 g/mol. The number of halogens is 2. The maximum atomic E-state index is 12.7. The standard InChI is InChI=1S/C24H16Cl2N2O4S/c1-31-19-12-14(13-27-28-23(29)15-6-2-4-8-17(15)25)10-11-18(19)32-24(30)22-21(26)16-7-3-5-9-20(16)33-22/h2-13H,1H3,(H,28,29). The van der Waals surface area contributed by atoms with E-state index in [1.54, 1.807) is 42.5 Å². The van der Waals surface area contributed by atoms with Gasteiger partial charge in [0.1, 0.15) is 4.88 Å². The number of amides is 1. The van der Waals surface area contributed by atoms with E-state index in [-0.39, 0.29) is 5.75 Å². The highest BCUT2D eigenvalue weighted by molar-refractivity contribution is 7.21. The molecule has 0 unspecified atom stereocenters. The van der Waals surface area contributed by atoms with Crippen molar-refractivity contribution in [2.45, 2.75) is 0 Å². The molecule has 0 saturated heterocycles. The predicted octanol–water partition coefficient (Wildman–Crippen LogP) is 6.20. The van der Waals surface area contributed by atoms with Crippen molar-refractivity contribution in [3.05, 3.63) is 92.8 Å². The first-order valence-electron chi connectivity index (χ1n) is 9.63. The van der Waals surface area contributed by atoms with Crippen molar-refractivity contribution in [1.82, 2.24) is 5.43 Å². The van der Waals surface area contributed by atoms with Crippen LogP contribution in [0, 0.1) is 0 Å². The number of esters is 1. The summed E-state index contributed by atoms with van der Waals surface area (Å²) in [6.07, 6.45) is 1.44. The Morgan fingerprint density at radius 2 is 1.76 bits per heavy atom. The Morgan fingerprint density at radius 3 is 2.52 bits per heavy atom. The lowest BCUT2D eigenvalue weighted by atomic mass is 10.2. The van der Waals surface area contributed by atoms with Gasteiger partial charge >= 0.3 is 5.97 Å². The Morgan fingerprint density at radius 1 is 1.00 bits per heavy atom. The summed E-state index contributed by atoms with van der Waals surface area (Å²) in [5, 5.41) is 5.43. The number of ether oxygens (including phenoxy) is 2. The zero-order valence-electron chi connectivity index (χ0n) is 17.2. The van der Waals surface area contributed by atoms with Gasteiger partial charge in [0.25, 0.3) is 5.91 Å². The van der Waals surface area contributed by atoms with Gasteiger partial charge in [0.2, 0.25) is 0 Å². The maximum Gasteiger partial charge on any atom is 0.355 e. The lowest BCUT2D eigenvalue weighted by molar-refractivity contribution is 0.0734. The van der Waals surface area contributed by atoms with Crippen LogP contribution in [0.2, 0.25) is 10.0 Å². The number of hydrazone groups is 1. The van der Waals surface area contributed by atoms with Gasteiger partial charge in [-0.2, -0.15) is 5.10 Å². The molecule has 1 heterocycles. The maximum absolute atomic E-state index is 12.7. The Kier molecular flexibility index (Phi) is 6.93. The first kappa shape index (κ1) is 22.8. The van der Waals surface area contributed by atoms with Crippen molar-refractivity contribution in [3.8, 4) is 11.5 Å². The molecule has 0 saturated carbocycles. The molecule has 4 aromatic rings. The number of rotatable bonds is 6. The summed E-state index contributed by atoms with van der Waals surface area (Å²) >= 11 is 13.6. The van der Waals surface area contributed by atoms with E-state index in [1.165, 1.54) is 24.7 Å². The Bertz CT molecular complexity index is 1380. The van der Waals surface area contributed by atoms with Crippen LogP contribution in [0.15, 0.2) is 71.8 Å². The fourth-order valence-corrected chi connectivity index (χ4v) is 4.62. The second-order valence-electron chi connectivity index (χ2n) is 6.72. The van der Waals surface area contributed by atoms with Crippen molar-refractivity contribution < 1.29 is 19.1 Å². The zero-order chi connectivity index (χ0) is 23.4. The zero-order valence-corrected chi connectivity index (χ0v) is 19.5. The molecule has 0 radical (unpaired) electrons. The van der Waals surface area contributed by atoms with Crippen LogP contribution in [0.1, 0.15) is 25.6 Å². The average Bonchev–Trinajstić information content (AvgIpc) is 3.17. The first-order valence-corrected chi connectivity index (χ1v) is 11.2. The SMILES string of the molecule is COc1cc(C=NNC(=O)c2ccccc2Cl)ccc1OC(=O)c1sc2ccccc2c1Cl. The third kappa shape index (κ3) is 5.01. The number of nitrogens with zero attached hydrogens (tertiary/aromatic N) is 1. The summed E-state index contributed by atoms with van der Waals surface area (Å²) < 4.78 is 11.8. The molecule has 6 nitrogen and oxygen atoms in total. The van der Waals surface area contributed by atoms with Gasteiger partial charge in [0.15, 0.2) is 11.5 Å². The normalized spacial score (nSPS) is 11.0. The van der Waals surface area contributed by atoms with Gasteiger partial charge < -0.3 is 9.47 Å². The minimum atomic E-state index is -0.576. The van der Waals surface area contributed by atoms with Gasteiger partial charge in [-0.3, -0.25) is 4.79 Å². The molecule has 4 rings (SSSR count). The van der Waals surface area contributed by atoms with Crippen LogP contribution in [-0.4, -0.2) is 25.2 Å². The fourth-order valence-electron chi connectivity index (χ4n) is 3.01. The number of carbonyl (C=O) groups is 2. The molecule has 0 bridgehead atoms. The Labute approximate surface area is 203 Å². The Balaban J connectivity index is 1.48. The van der Waals surface area contributed by atoms with E-state index < -0.39 is 11.9 Å². The number of hydrogen-bond acceptors (Lipinski definition) is 6. The molecule has 1 aromatic heterocycles. The summed E-state index contributed by atoms with van der Waals surface area (Å²) in [4.78, 5) is 25.2. The molecule has 0 spiro atoms. The van der Waals surface area contributed by atoms with Crippen LogP contribution in [0.5, 0.6) is 11.5 Å². The van der Waals surface area contributed by atoms with Crippen molar-refractivity contribution in [3.63, 3.8) is 0 Å². The number of methoxy groups -OCH3 is 1. The van der Waals surface area contributed by atoms with Crippen LogP contribution in [0.25, 0.3) is 10.1 Å². The summed E-state index contributed by atoms with van der Waals surface area (Å²) in [6, 6.07) is 19.0. The minimum absolute atomic E-state index is 0.230. The highest BCUT2D eigenvalue weighted by Gasteiger charge is 2.20. The smallest absolute Gasteiger partial charge is 0.355 e. The second kappa shape index (κ2) is 10.0. The topological polar surface area (TPSA) is 77.0 Å². The molecule has 33 heavy (non-hydrogen) atoms. The van der Waals surface area contributed by atoms with Crippen LogP contribution >= 0.6 is 34.5 Å². The van der Waals surface area contributed by atoms with E-state index in [9.17, 15) is 9.59 Å². The number of carbonyl (C=O) groups excluding carboxylic acids is 2. The number of fused-ring (bicyclic) bond motifs is 1. The van der Waals surface area contributed by atoms with E-state index in [2.05, 4.69) is 10.5 Å². The number of benzene rings is 3. The molecule has 0 aliphatic carbocycles. The van der Waals surface area contributed by atoms with Gasteiger partial charge in [-0.15, -0.1) is 11.3 Å². The third-order valence-electron chi connectivity index (χ3n) is 4.61. The fraction of sp³-hybridized carbons (Fsp3) is 0.0417. The average molecular weight is 499 g/mol. The molecule has 1 N–H and O–H groups in total. The number of thiophene rings is 1. The summed E-state index contributed by atoms with van der Waals surface area (Å²) in [5.41, 5.74) is 3.35. The van der Waals surface area contributed by atoms with Crippen molar-refractivity contribution >= 4 is 62.7 Å². The van der Waals surface area contributed by atoms with Crippen molar-refractivity contribution in [2.24, 2.45) is 5.10 Å². The molecule has 0 fully saturated rings. The molecule has 166 valence electrons. The first-order chi connectivity index (χ1) is 16.0. The van der Waals surface area contributed by atoms with E-state index >= 15 is 0 Å². The number of nitrogens with one attached hydrogen (secondary N) is 1. The molecular weight excluding hydrogens is 483 g/mol. The molecule has 1 amide bonds. The van der Waals surface area contributed by atoms with Crippen LogP contribution in [0.3, 0.4) is 0 Å². The van der Waals surface area contributed by atoms with Crippen LogP contribution < -0.4 is 14.9 Å². The largest absolute Gasteiger partial charge is 0.493 e. The van der Waals surface area contributed by atoms with E-state index in [1.807, 2.05) is 24.3 Å². The highest BCUT2D eigenvalue weighted by Crippen LogP contribution is 2.37. The predicted molar refractivity (Wildman–Crippen MR) is 131 cm³/mol. The molecular formula is C24H16Cl2N2O4S. The third-order valence-corrected chi connectivity index (χ3v) is 6.59. The van der Waals surface area contributed by atoms with Gasteiger partial charge in [-0.05, 0) is 42.0 Å². The molecule has 3 aromatic carbocycles. The summed E-state index contributed by atoms with van der Waals surface area (Å²) in [7, 11) is 1.46. The molecule has 0 aliphatic heterocycles. The molecule has 0 atom stereocenters.